The number of aryl methyl sites for hydroxylation is 1. The van der Waals surface area contributed by atoms with Gasteiger partial charge >= 0.3 is 0 Å². The van der Waals surface area contributed by atoms with Gasteiger partial charge in [-0.3, -0.25) is 9.58 Å². The predicted octanol–water partition coefficient (Wildman–Crippen LogP) is -0.765. The van der Waals surface area contributed by atoms with Crippen LogP contribution in [0.15, 0.2) is 6.33 Å². The van der Waals surface area contributed by atoms with E-state index in [-0.39, 0.29) is 0 Å². The molecule has 0 spiro atoms. The van der Waals surface area contributed by atoms with E-state index >= 15 is 0 Å². The highest BCUT2D eigenvalue weighted by atomic mass is 16.5. The minimum atomic E-state index is 0.426. The van der Waals surface area contributed by atoms with Crippen LogP contribution < -0.4 is 5.32 Å². The van der Waals surface area contributed by atoms with Crippen LogP contribution in [0.2, 0.25) is 0 Å². The standard InChI is InChI=1S/C10H19N5O/c1-11-5-9-7-16-4-3-15(9)6-10-12-8-13-14(10)2/h8-9,11H,3-7H2,1-2H3. The van der Waals surface area contributed by atoms with E-state index in [0.29, 0.717) is 6.04 Å². The van der Waals surface area contributed by atoms with Gasteiger partial charge < -0.3 is 10.1 Å². The largest absolute Gasteiger partial charge is 0.378 e. The van der Waals surface area contributed by atoms with Crippen molar-refractivity contribution in [3.8, 4) is 0 Å². The van der Waals surface area contributed by atoms with E-state index in [2.05, 4.69) is 20.3 Å². The molecule has 0 amide bonds. The summed E-state index contributed by atoms with van der Waals surface area (Å²) in [7, 11) is 3.89. The summed E-state index contributed by atoms with van der Waals surface area (Å²) in [5.41, 5.74) is 0. The van der Waals surface area contributed by atoms with Gasteiger partial charge in [0.25, 0.3) is 0 Å². The zero-order chi connectivity index (χ0) is 11.4. The number of hydrogen-bond donors (Lipinski definition) is 1. The molecule has 1 fully saturated rings. The SMILES string of the molecule is CNCC1COCCN1Cc1ncnn1C. The van der Waals surface area contributed by atoms with E-state index in [1.54, 1.807) is 6.33 Å². The van der Waals surface area contributed by atoms with Crippen molar-refractivity contribution in [1.29, 1.82) is 0 Å². The number of nitrogens with zero attached hydrogens (tertiary/aromatic N) is 4. The van der Waals surface area contributed by atoms with E-state index in [1.807, 2.05) is 18.8 Å². The van der Waals surface area contributed by atoms with Crippen molar-refractivity contribution in [2.45, 2.75) is 12.6 Å². The summed E-state index contributed by atoms with van der Waals surface area (Å²) in [5, 5.41) is 7.28. The molecule has 1 N–H and O–H groups in total. The van der Waals surface area contributed by atoms with E-state index < -0.39 is 0 Å². The molecule has 1 saturated heterocycles. The summed E-state index contributed by atoms with van der Waals surface area (Å²) >= 11 is 0. The molecule has 1 unspecified atom stereocenters. The average Bonchev–Trinajstić information content (AvgIpc) is 2.68. The quantitative estimate of drug-likeness (QED) is 0.729. The number of hydrogen-bond acceptors (Lipinski definition) is 5. The number of nitrogens with one attached hydrogen (secondary N) is 1. The fourth-order valence-electron chi connectivity index (χ4n) is 1.97. The van der Waals surface area contributed by atoms with Crippen molar-refractivity contribution in [3.05, 3.63) is 12.2 Å². The summed E-state index contributed by atoms with van der Waals surface area (Å²) in [6.07, 6.45) is 1.60. The summed E-state index contributed by atoms with van der Waals surface area (Å²) in [6, 6.07) is 0.426. The first-order chi connectivity index (χ1) is 7.81. The Morgan fingerprint density at radius 1 is 1.62 bits per heavy atom. The molecule has 1 atom stereocenters. The minimum Gasteiger partial charge on any atom is -0.378 e. The molecular weight excluding hydrogens is 206 g/mol. The maximum absolute atomic E-state index is 5.49. The molecule has 6 heteroatoms. The topological polar surface area (TPSA) is 55.2 Å². The number of rotatable bonds is 4. The van der Waals surface area contributed by atoms with Crippen LogP contribution in [0.1, 0.15) is 5.82 Å². The minimum absolute atomic E-state index is 0.426. The molecule has 0 aromatic carbocycles. The van der Waals surface area contributed by atoms with Crippen LogP contribution in [0, 0.1) is 0 Å². The maximum atomic E-state index is 5.49. The summed E-state index contributed by atoms with van der Waals surface area (Å²) in [5.74, 6) is 1.00. The fourth-order valence-corrected chi connectivity index (χ4v) is 1.97. The lowest BCUT2D eigenvalue weighted by molar-refractivity contribution is -0.0118. The molecule has 1 aromatic heterocycles. The van der Waals surface area contributed by atoms with Crippen LogP contribution >= 0.6 is 0 Å². The van der Waals surface area contributed by atoms with Crippen LogP contribution in [0.4, 0.5) is 0 Å². The smallest absolute Gasteiger partial charge is 0.140 e. The lowest BCUT2D eigenvalue weighted by Gasteiger charge is -2.34. The van der Waals surface area contributed by atoms with Gasteiger partial charge in [-0.2, -0.15) is 5.10 Å². The maximum Gasteiger partial charge on any atom is 0.140 e. The molecule has 0 aliphatic carbocycles. The van der Waals surface area contributed by atoms with Crippen LogP contribution in [0.3, 0.4) is 0 Å². The third-order valence-corrected chi connectivity index (χ3v) is 2.94. The van der Waals surface area contributed by atoms with Gasteiger partial charge in [-0.25, -0.2) is 4.98 Å². The monoisotopic (exact) mass is 225 g/mol. The molecule has 90 valence electrons. The Morgan fingerprint density at radius 3 is 3.19 bits per heavy atom. The van der Waals surface area contributed by atoms with Gasteiger partial charge in [0.2, 0.25) is 0 Å². The van der Waals surface area contributed by atoms with Gasteiger partial charge in [-0.1, -0.05) is 0 Å². The number of ether oxygens (including phenoxy) is 1. The number of aromatic nitrogens is 3. The first-order valence-corrected chi connectivity index (χ1v) is 5.60. The molecule has 0 radical (unpaired) electrons. The van der Waals surface area contributed by atoms with Gasteiger partial charge in [0.1, 0.15) is 12.2 Å². The highest BCUT2D eigenvalue weighted by Crippen LogP contribution is 2.09. The van der Waals surface area contributed by atoms with Crippen molar-refractivity contribution in [1.82, 2.24) is 25.0 Å². The first kappa shape index (κ1) is 11.5. The van der Waals surface area contributed by atoms with Gasteiger partial charge in [-0.05, 0) is 7.05 Å². The molecule has 2 rings (SSSR count). The van der Waals surface area contributed by atoms with Gasteiger partial charge in [-0.15, -0.1) is 0 Å². The Labute approximate surface area is 95.6 Å². The molecule has 0 saturated carbocycles. The molecule has 1 aromatic rings. The highest BCUT2D eigenvalue weighted by molar-refractivity contribution is 4.87. The second-order valence-corrected chi connectivity index (χ2v) is 4.06. The van der Waals surface area contributed by atoms with Crippen molar-refractivity contribution in [3.63, 3.8) is 0 Å². The second-order valence-electron chi connectivity index (χ2n) is 4.06. The van der Waals surface area contributed by atoms with Crippen molar-refractivity contribution in [2.75, 3.05) is 33.4 Å². The third kappa shape index (κ3) is 2.58. The fraction of sp³-hybridized carbons (Fsp3) is 0.800. The Morgan fingerprint density at radius 2 is 2.50 bits per heavy atom. The zero-order valence-electron chi connectivity index (χ0n) is 9.89. The van der Waals surface area contributed by atoms with Crippen LogP contribution in [0.5, 0.6) is 0 Å². The van der Waals surface area contributed by atoms with Crippen LogP contribution in [-0.2, 0) is 18.3 Å². The van der Waals surface area contributed by atoms with E-state index in [0.717, 1.165) is 38.7 Å². The second kappa shape index (κ2) is 5.38. The van der Waals surface area contributed by atoms with Crippen molar-refractivity contribution >= 4 is 0 Å². The first-order valence-electron chi connectivity index (χ1n) is 5.60. The Bertz CT molecular complexity index is 325. The molecular formula is C10H19N5O. The van der Waals surface area contributed by atoms with E-state index in [9.17, 15) is 0 Å². The molecule has 1 aliphatic heterocycles. The molecule has 16 heavy (non-hydrogen) atoms. The number of morpholine rings is 1. The molecule has 1 aliphatic rings. The van der Waals surface area contributed by atoms with E-state index in [1.165, 1.54) is 0 Å². The highest BCUT2D eigenvalue weighted by Gasteiger charge is 2.23. The summed E-state index contributed by atoms with van der Waals surface area (Å²) < 4.78 is 7.32. The molecule has 2 heterocycles. The Hall–Kier alpha value is -0.980. The lowest BCUT2D eigenvalue weighted by Crippen LogP contribution is -2.49. The zero-order valence-corrected chi connectivity index (χ0v) is 9.89. The van der Waals surface area contributed by atoms with Crippen LogP contribution in [0.25, 0.3) is 0 Å². The predicted molar refractivity (Wildman–Crippen MR) is 59.9 cm³/mol. The van der Waals surface area contributed by atoms with Gasteiger partial charge in [0.05, 0.1) is 19.8 Å². The van der Waals surface area contributed by atoms with Crippen molar-refractivity contribution < 1.29 is 4.74 Å². The molecule has 6 nitrogen and oxygen atoms in total. The van der Waals surface area contributed by atoms with Crippen LogP contribution in [-0.4, -0.2) is 59.1 Å². The Balaban J connectivity index is 1.98. The van der Waals surface area contributed by atoms with Gasteiger partial charge in [0.15, 0.2) is 0 Å². The Kier molecular flexibility index (Phi) is 3.87. The number of likely N-dealkylation sites (N-methyl/N-ethyl adjacent to an activating group) is 1. The molecule has 0 bridgehead atoms. The summed E-state index contributed by atoms with van der Waals surface area (Å²) in [6.45, 7) is 4.33. The average molecular weight is 225 g/mol. The lowest BCUT2D eigenvalue weighted by atomic mass is 10.2. The third-order valence-electron chi connectivity index (χ3n) is 2.94. The van der Waals surface area contributed by atoms with E-state index in [4.69, 9.17) is 4.74 Å². The van der Waals surface area contributed by atoms with Crippen molar-refractivity contribution in [2.24, 2.45) is 7.05 Å². The summed E-state index contributed by atoms with van der Waals surface area (Å²) in [4.78, 5) is 6.65. The normalized spacial score (nSPS) is 22.5. The van der Waals surface area contributed by atoms with Gasteiger partial charge in [0, 0.05) is 26.2 Å².